The summed E-state index contributed by atoms with van der Waals surface area (Å²) in [7, 11) is 0. The minimum absolute atomic E-state index is 0. The highest BCUT2D eigenvalue weighted by Gasteiger charge is 2.31. The third-order valence-electron chi connectivity index (χ3n) is 6.37. The van der Waals surface area contributed by atoms with Gasteiger partial charge in [0, 0.05) is 71.0 Å². The van der Waals surface area contributed by atoms with Crippen LogP contribution in [0.15, 0.2) is 35.3 Å². The van der Waals surface area contributed by atoms with Gasteiger partial charge in [-0.05, 0) is 25.3 Å². The Balaban J connectivity index is 0.00000240. The van der Waals surface area contributed by atoms with Crippen molar-refractivity contribution in [2.45, 2.75) is 38.4 Å². The third kappa shape index (κ3) is 6.54. The SMILES string of the molecule is CCNC(=NCC1CN2CCN1CC2)NC1CCN(Cc2ccccc2)CC1.I. The summed E-state index contributed by atoms with van der Waals surface area (Å²) in [6.45, 7) is 13.4. The average Bonchev–Trinajstić information content (AvgIpc) is 2.75. The fourth-order valence-corrected chi connectivity index (χ4v) is 4.68. The van der Waals surface area contributed by atoms with Crippen molar-refractivity contribution in [2.24, 2.45) is 4.99 Å². The van der Waals surface area contributed by atoms with Crippen LogP contribution in [0, 0.1) is 0 Å². The maximum Gasteiger partial charge on any atom is 0.191 e. The summed E-state index contributed by atoms with van der Waals surface area (Å²) in [4.78, 5) is 12.7. The van der Waals surface area contributed by atoms with Gasteiger partial charge in [0.15, 0.2) is 5.96 Å². The monoisotopic (exact) mass is 512 g/mol. The molecule has 5 rings (SSSR count). The number of fused-ring (bicyclic) bond motifs is 3. The lowest BCUT2D eigenvalue weighted by Crippen LogP contribution is -2.62. The molecule has 4 aliphatic rings. The highest BCUT2D eigenvalue weighted by atomic mass is 127. The van der Waals surface area contributed by atoms with Gasteiger partial charge in [0.2, 0.25) is 0 Å². The van der Waals surface area contributed by atoms with Crippen molar-refractivity contribution in [2.75, 3.05) is 58.9 Å². The van der Waals surface area contributed by atoms with Crippen LogP contribution in [0.2, 0.25) is 0 Å². The van der Waals surface area contributed by atoms with E-state index >= 15 is 0 Å². The standard InChI is InChI=1S/C22H36N6.HI/c1-2-23-22(24-16-21-18-27-12-14-28(21)15-13-27)25-20-8-10-26(11-9-20)17-19-6-4-3-5-7-19;/h3-7,20-21H,2,8-18H2,1H3,(H2,23,24,25);1H. The van der Waals surface area contributed by atoms with Gasteiger partial charge in [0.25, 0.3) is 0 Å². The maximum absolute atomic E-state index is 4.95. The van der Waals surface area contributed by atoms with Gasteiger partial charge in [-0.15, -0.1) is 24.0 Å². The summed E-state index contributed by atoms with van der Waals surface area (Å²) in [5, 5.41) is 7.16. The minimum atomic E-state index is 0. The maximum atomic E-state index is 4.95. The van der Waals surface area contributed by atoms with Crippen LogP contribution >= 0.6 is 24.0 Å². The van der Waals surface area contributed by atoms with Crippen molar-refractivity contribution in [3.8, 4) is 0 Å². The number of hydrogen-bond acceptors (Lipinski definition) is 4. The van der Waals surface area contributed by atoms with Crippen molar-refractivity contribution < 1.29 is 0 Å². The number of rotatable bonds is 6. The molecule has 0 saturated carbocycles. The average molecular weight is 512 g/mol. The van der Waals surface area contributed by atoms with E-state index < -0.39 is 0 Å². The third-order valence-corrected chi connectivity index (χ3v) is 6.37. The Bertz CT molecular complexity index is 623. The van der Waals surface area contributed by atoms with Crippen molar-refractivity contribution in [3.05, 3.63) is 35.9 Å². The number of guanidine groups is 1. The van der Waals surface area contributed by atoms with Gasteiger partial charge in [0.05, 0.1) is 6.54 Å². The van der Waals surface area contributed by atoms with Crippen molar-refractivity contribution >= 4 is 29.9 Å². The molecule has 6 nitrogen and oxygen atoms in total. The molecule has 29 heavy (non-hydrogen) atoms. The predicted molar refractivity (Wildman–Crippen MR) is 131 cm³/mol. The molecule has 0 amide bonds. The molecule has 2 N–H and O–H groups in total. The molecule has 0 radical (unpaired) electrons. The molecular weight excluding hydrogens is 475 g/mol. The van der Waals surface area contributed by atoms with Gasteiger partial charge in [0.1, 0.15) is 0 Å². The predicted octanol–water partition coefficient (Wildman–Crippen LogP) is 1.82. The van der Waals surface area contributed by atoms with E-state index in [2.05, 4.69) is 62.6 Å². The Labute approximate surface area is 193 Å². The topological polar surface area (TPSA) is 46.1 Å². The largest absolute Gasteiger partial charge is 0.357 e. The van der Waals surface area contributed by atoms with Gasteiger partial charge in [-0.3, -0.25) is 19.7 Å². The van der Waals surface area contributed by atoms with Gasteiger partial charge in [-0.1, -0.05) is 30.3 Å². The molecule has 1 aromatic rings. The van der Waals surface area contributed by atoms with Crippen LogP contribution in [-0.4, -0.2) is 91.6 Å². The highest BCUT2D eigenvalue weighted by molar-refractivity contribution is 14.0. The zero-order chi connectivity index (χ0) is 19.2. The number of likely N-dealkylation sites (tertiary alicyclic amines) is 1. The molecule has 0 aromatic heterocycles. The van der Waals surface area contributed by atoms with Crippen LogP contribution in [0.3, 0.4) is 0 Å². The van der Waals surface area contributed by atoms with Crippen LogP contribution in [0.25, 0.3) is 0 Å². The summed E-state index contributed by atoms with van der Waals surface area (Å²) < 4.78 is 0. The lowest BCUT2D eigenvalue weighted by atomic mass is 10.0. The smallest absolute Gasteiger partial charge is 0.191 e. The second-order valence-corrected chi connectivity index (χ2v) is 8.39. The molecule has 1 unspecified atom stereocenters. The molecule has 2 bridgehead atoms. The summed E-state index contributed by atoms with van der Waals surface area (Å²) >= 11 is 0. The lowest BCUT2D eigenvalue weighted by Gasteiger charge is -2.47. The van der Waals surface area contributed by atoms with E-state index in [1.165, 1.54) is 51.1 Å². The fourth-order valence-electron chi connectivity index (χ4n) is 4.68. The summed E-state index contributed by atoms with van der Waals surface area (Å²) in [6.07, 6.45) is 2.36. The van der Waals surface area contributed by atoms with Crippen LogP contribution in [-0.2, 0) is 6.54 Å². The molecule has 0 aliphatic carbocycles. The number of nitrogens with one attached hydrogen (secondary N) is 2. The number of nitrogens with zero attached hydrogens (tertiary/aromatic N) is 4. The second kappa shape index (κ2) is 11.5. The zero-order valence-corrected chi connectivity index (χ0v) is 20.1. The number of piperazine rings is 3. The first-order chi connectivity index (χ1) is 13.8. The van der Waals surface area contributed by atoms with Crippen molar-refractivity contribution in [1.29, 1.82) is 0 Å². The number of hydrogen-bond donors (Lipinski definition) is 2. The molecule has 1 aromatic carbocycles. The van der Waals surface area contributed by atoms with E-state index in [1.54, 1.807) is 0 Å². The summed E-state index contributed by atoms with van der Waals surface area (Å²) in [6, 6.07) is 11.9. The number of aliphatic imine (C=N–C) groups is 1. The molecule has 162 valence electrons. The fraction of sp³-hybridized carbons (Fsp3) is 0.682. The molecule has 4 aliphatic heterocycles. The number of piperidine rings is 1. The van der Waals surface area contributed by atoms with Crippen LogP contribution in [0.1, 0.15) is 25.3 Å². The lowest BCUT2D eigenvalue weighted by molar-refractivity contribution is 0.0174. The van der Waals surface area contributed by atoms with Gasteiger partial charge >= 0.3 is 0 Å². The molecule has 0 spiro atoms. The Morgan fingerprint density at radius 1 is 1.03 bits per heavy atom. The molecular formula is C22H37IN6. The Kier molecular flexibility index (Phi) is 9.02. The van der Waals surface area contributed by atoms with E-state index in [0.717, 1.165) is 38.7 Å². The van der Waals surface area contributed by atoms with Crippen LogP contribution < -0.4 is 10.6 Å². The zero-order valence-electron chi connectivity index (χ0n) is 17.7. The quantitative estimate of drug-likeness (QED) is 0.346. The molecule has 4 saturated heterocycles. The Morgan fingerprint density at radius 2 is 1.76 bits per heavy atom. The van der Waals surface area contributed by atoms with Gasteiger partial charge in [-0.25, -0.2) is 0 Å². The Morgan fingerprint density at radius 3 is 2.38 bits per heavy atom. The van der Waals surface area contributed by atoms with Crippen LogP contribution in [0.5, 0.6) is 0 Å². The summed E-state index contributed by atoms with van der Waals surface area (Å²) in [5.41, 5.74) is 1.41. The van der Waals surface area contributed by atoms with Crippen molar-refractivity contribution in [3.63, 3.8) is 0 Å². The van der Waals surface area contributed by atoms with E-state index in [0.29, 0.717) is 12.1 Å². The molecule has 7 heteroatoms. The number of halogens is 1. The van der Waals surface area contributed by atoms with E-state index in [9.17, 15) is 0 Å². The van der Waals surface area contributed by atoms with Crippen LogP contribution in [0.4, 0.5) is 0 Å². The second-order valence-electron chi connectivity index (χ2n) is 8.39. The van der Waals surface area contributed by atoms with E-state index in [1.807, 2.05) is 0 Å². The van der Waals surface area contributed by atoms with E-state index in [-0.39, 0.29) is 24.0 Å². The number of benzene rings is 1. The minimum Gasteiger partial charge on any atom is -0.357 e. The van der Waals surface area contributed by atoms with Gasteiger partial charge < -0.3 is 10.6 Å². The first-order valence-electron chi connectivity index (χ1n) is 11.1. The highest BCUT2D eigenvalue weighted by Crippen LogP contribution is 2.16. The molecule has 4 fully saturated rings. The molecule has 4 heterocycles. The van der Waals surface area contributed by atoms with E-state index in [4.69, 9.17) is 4.99 Å². The first-order valence-corrected chi connectivity index (χ1v) is 11.1. The van der Waals surface area contributed by atoms with Crippen molar-refractivity contribution in [1.82, 2.24) is 25.3 Å². The molecule has 1 atom stereocenters. The summed E-state index contributed by atoms with van der Waals surface area (Å²) in [5.74, 6) is 1.00. The first kappa shape index (κ1) is 22.8. The Hall–Kier alpha value is -0.900. The van der Waals surface area contributed by atoms with Gasteiger partial charge in [-0.2, -0.15) is 0 Å². The normalized spacial score (nSPS) is 28.0.